The molecule has 0 fully saturated rings. The second-order valence-electron chi connectivity index (χ2n) is 3.95. The Hall–Kier alpha value is -2.15. The van der Waals surface area contributed by atoms with Crippen molar-refractivity contribution >= 4 is 27.3 Å². The Labute approximate surface area is 124 Å². The number of nitrogens with zero attached hydrogens (tertiary/aromatic N) is 2. The third-order valence-electron chi connectivity index (χ3n) is 2.68. The van der Waals surface area contributed by atoms with Crippen molar-refractivity contribution in [1.29, 1.82) is 0 Å². The van der Waals surface area contributed by atoms with Gasteiger partial charge in [-0.3, -0.25) is 10.1 Å². The molecule has 0 aliphatic carbocycles. The average Bonchev–Trinajstić information content (AvgIpc) is 2.46. The van der Waals surface area contributed by atoms with Crippen molar-refractivity contribution in [3.63, 3.8) is 0 Å². The predicted octanol–water partition coefficient (Wildman–Crippen LogP) is 3.37. The number of methoxy groups -OCH3 is 1. The lowest BCUT2D eigenvalue weighted by Crippen LogP contribution is -2.02. The molecule has 1 heterocycles. The molecular formula is C13H12BrN3O3. The third kappa shape index (κ3) is 3.24. The van der Waals surface area contributed by atoms with Gasteiger partial charge in [-0.05, 0) is 27.6 Å². The SMILES string of the molecule is COc1ccc(NCc2cccc([N+](=O)[O-])c2Br)cn1. The van der Waals surface area contributed by atoms with Crippen LogP contribution < -0.4 is 10.1 Å². The smallest absolute Gasteiger partial charge is 0.283 e. The highest BCUT2D eigenvalue weighted by molar-refractivity contribution is 9.10. The number of ether oxygens (including phenoxy) is 1. The first kappa shape index (κ1) is 14.3. The van der Waals surface area contributed by atoms with Gasteiger partial charge < -0.3 is 10.1 Å². The van der Waals surface area contributed by atoms with Gasteiger partial charge in [0, 0.05) is 18.7 Å². The highest BCUT2D eigenvalue weighted by Gasteiger charge is 2.14. The molecule has 20 heavy (non-hydrogen) atoms. The number of nitrogens with one attached hydrogen (secondary N) is 1. The number of hydrogen-bond acceptors (Lipinski definition) is 5. The summed E-state index contributed by atoms with van der Waals surface area (Å²) < 4.78 is 5.46. The van der Waals surface area contributed by atoms with Crippen molar-refractivity contribution in [3.8, 4) is 5.88 Å². The summed E-state index contributed by atoms with van der Waals surface area (Å²) in [5, 5.41) is 14.0. The summed E-state index contributed by atoms with van der Waals surface area (Å²) in [5.74, 6) is 0.534. The first-order valence-corrected chi connectivity index (χ1v) is 6.57. The molecule has 7 heteroatoms. The van der Waals surface area contributed by atoms with Crippen molar-refractivity contribution in [2.45, 2.75) is 6.54 Å². The van der Waals surface area contributed by atoms with Crippen molar-refractivity contribution in [3.05, 3.63) is 56.7 Å². The Morgan fingerprint density at radius 2 is 2.20 bits per heavy atom. The molecule has 2 rings (SSSR count). The van der Waals surface area contributed by atoms with Crippen LogP contribution in [0.4, 0.5) is 11.4 Å². The monoisotopic (exact) mass is 337 g/mol. The zero-order chi connectivity index (χ0) is 14.5. The van der Waals surface area contributed by atoms with E-state index in [9.17, 15) is 10.1 Å². The predicted molar refractivity (Wildman–Crippen MR) is 78.9 cm³/mol. The fraction of sp³-hybridized carbons (Fsp3) is 0.154. The summed E-state index contributed by atoms with van der Waals surface area (Å²) in [4.78, 5) is 14.5. The highest BCUT2D eigenvalue weighted by atomic mass is 79.9. The number of benzene rings is 1. The van der Waals surface area contributed by atoms with E-state index in [0.717, 1.165) is 11.3 Å². The molecule has 2 aromatic rings. The number of pyridine rings is 1. The Morgan fingerprint density at radius 1 is 1.40 bits per heavy atom. The molecule has 0 aliphatic heterocycles. The molecule has 0 unspecified atom stereocenters. The van der Waals surface area contributed by atoms with Crippen LogP contribution in [-0.2, 0) is 6.54 Å². The lowest BCUT2D eigenvalue weighted by Gasteiger charge is -2.08. The van der Waals surface area contributed by atoms with E-state index in [1.165, 1.54) is 6.07 Å². The van der Waals surface area contributed by atoms with Crippen molar-refractivity contribution in [2.75, 3.05) is 12.4 Å². The molecule has 0 spiro atoms. The van der Waals surface area contributed by atoms with Crippen molar-refractivity contribution < 1.29 is 9.66 Å². The molecular weight excluding hydrogens is 326 g/mol. The molecule has 1 aromatic carbocycles. The van der Waals surface area contributed by atoms with Crippen LogP contribution in [-0.4, -0.2) is 17.0 Å². The standard InChI is InChI=1S/C13H12BrN3O3/c1-20-12-6-5-10(8-16-12)15-7-9-3-2-4-11(13(9)14)17(18)19/h2-6,8,15H,7H2,1H3. The molecule has 0 saturated heterocycles. The van der Waals surface area contributed by atoms with Crippen LogP contribution >= 0.6 is 15.9 Å². The summed E-state index contributed by atoms with van der Waals surface area (Å²) in [7, 11) is 1.55. The molecule has 0 radical (unpaired) electrons. The van der Waals surface area contributed by atoms with E-state index >= 15 is 0 Å². The van der Waals surface area contributed by atoms with E-state index in [1.807, 2.05) is 12.1 Å². The Morgan fingerprint density at radius 3 is 2.80 bits per heavy atom. The topological polar surface area (TPSA) is 77.3 Å². The van der Waals surface area contributed by atoms with Gasteiger partial charge in [-0.1, -0.05) is 12.1 Å². The van der Waals surface area contributed by atoms with E-state index in [-0.39, 0.29) is 5.69 Å². The Bertz CT molecular complexity index is 617. The number of halogens is 1. The van der Waals surface area contributed by atoms with Gasteiger partial charge in [0.15, 0.2) is 0 Å². The fourth-order valence-corrected chi connectivity index (χ4v) is 2.20. The fourth-order valence-electron chi connectivity index (χ4n) is 1.65. The first-order valence-electron chi connectivity index (χ1n) is 5.77. The van der Waals surface area contributed by atoms with Crippen LogP contribution in [0.1, 0.15) is 5.56 Å². The van der Waals surface area contributed by atoms with E-state index in [4.69, 9.17) is 4.74 Å². The maximum Gasteiger partial charge on any atom is 0.283 e. The molecule has 104 valence electrons. The highest BCUT2D eigenvalue weighted by Crippen LogP contribution is 2.28. The molecule has 0 atom stereocenters. The second-order valence-corrected chi connectivity index (χ2v) is 4.74. The zero-order valence-electron chi connectivity index (χ0n) is 10.7. The zero-order valence-corrected chi connectivity index (χ0v) is 12.3. The number of hydrogen-bond donors (Lipinski definition) is 1. The first-order chi connectivity index (χ1) is 9.61. The summed E-state index contributed by atoms with van der Waals surface area (Å²) in [6.45, 7) is 0.455. The van der Waals surface area contributed by atoms with Gasteiger partial charge in [-0.2, -0.15) is 0 Å². The number of nitro benzene ring substituents is 1. The van der Waals surface area contributed by atoms with Gasteiger partial charge in [-0.15, -0.1) is 0 Å². The minimum absolute atomic E-state index is 0.0529. The van der Waals surface area contributed by atoms with Crippen LogP contribution in [0.25, 0.3) is 0 Å². The summed E-state index contributed by atoms with van der Waals surface area (Å²) >= 11 is 3.26. The molecule has 0 bridgehead atoms. The summed E-state index contributed by atoms with van der Waals surface area (Å²) in [5.41, 5.74) is 1.66. The van der Waals surface area contributed by atoms with Gasteiger partial charge >= 0.3 is 0 Å². The average molecular weight is 338 g/mol. The molecule has 1 N–H and O–H groups in total. The maximum absolute atomic E-state index is 10.9. The van der Waals surface area contributed by atoms with Crippen molar-refractivity contribution in [2.24, 2.45) is 0 Å². The number of aromatic nitrogens is 1. The van der Waals surface area contributed by atoms with Crippen LogP contribution in [0, 0.1) is 10.1 Å². The van der Waals surface area contributed by atoms with E-state index in [1.54, 1.807) is 25.4 Å². The Balaban J connectivity index is 2.10. The summed E-state index contributed by atoms with van der Waals surface area (Å²) in [6, 6.07) is 8.51. The molecule has 0 aliphatic rings. The lowest BCUT2D eigenvalue weighted by molar-refractivity contribution is -0.385. The minimum Gasteiger partial charge on any atom is -0.481 e. The van der Waals surface area contributed by atoms with Gasteiger partial charge in [0.2, 0.25) is 5.88 Å². The van der Waals surface area contributed by atoms with E-state index in [2.05, 4.69) is 26.2 Å². The van der Waals surface area contributed by atoms with Gasteiger partial charge in [-0.25, -0.2) is 4.98 Å². The summed E-state index contributed by atoms with van der Waals surface area (Å²) in [6.07, 6.45) is 1.64. The minimum atomic E-state index is -0.414. The van der Waals surface area contributed by atoms with Crippen LogP contribution in [0.5, 0.6) is 5.88 Å². The number of anilines is 1. The van der Waals surface area contributed by atoms with Gasteiger partial charge in [0.25, 0.3) is 5.69 Å². The molecule has 1 aromatic heterocycles. The van der Waals surface area contributed by atoms with Gasteiger partial charge in [0.1, 0.15) is 4.47 Å². The molecule has 0 amide bonds. The van der Waals surface area contributed by atoms with Crippen LogP contribution in [0.2, 0.25) is 0 Å². The van der Waals surface area contributed by atoms with E-state index < -0.39 is 4.92 Å². The lowest BCUT2D eigenvalue weighted by atomic mass is 10.2. The number of nitro groups is 1. The van der Waals surface area contributed by atoms with Gasteiger partial charge in [0.05, 0.1) is 23.9 Å². The second kappa shape index (κ2) is 6.33. The van der Waals surface area contributed by atoms with Crippen LogP contribution in [0.3, 0.4) is 0 Å². The molecule has 0 saturated carbocycles. The number of rotatable bonds is 5. The Kier molecular flexibility index (Phi) is 4.52. The normalized spacial score (nSPS) is 10.1. The third-order valence-corrected chi connectivity index (χ3v) is 3.60. The quantitative estimate of drug-likeness (QED) is 0.668. The van der Waals surface area contributed by atoms with Crippen molar-refractivity contribution in [1.82, 2.24) is 4.98 Å². The van der Waals surface area contributed by atoms with Crippen LogP contribution in [0.15, 0.2) is 41.0 Å². The maximum atomic E-state index is 10.9. The van der Waals surface area contributed by atoms with E-state index in [0.29, 0.717) is 16.9 Å². The largest absolute Gasteiger partial charge is 0.481 e. The molecule has 6 nitrogen and oxygen atoms in total.